The molecule has 2 N–H and O–H groups in total. The molecule has 0 unspecified atom stereocenters. The molecule has 2 heterocycles. The van der Waals surface area contributed by atoms with Crippen LogP contribution in [-0.4, -0.2) is 33.2 Å². The van der Waals surface area contributed by atoms with Crippen molar-refractivity contribution in [2.75, 3.05) is 11.4 Å². The number of nitrogens with zero attached hydrogens (tertiary/aromatic N) is 4. The first-order chi connectivity index (χ1) is 9.79. The summed E-state index contributed by atoms with van der Waals surface area (Å²) >= 11 is 0. The fraction of sp³-hybridized carbons (Fsp3) is 0.600. The van der Waals surface area contributed by atoms with Crippen molar-refractivity contribution in [3.63, 3.8) is 0 Å². The van der Waals surface area contributed by atoms with E-state index in [4.69, 9.17) is 5.73 Å². The SMILES string of the molecule is CCCN(c1nccn2nccc12)C1CCC(N)CC1. The average molecular weight is 273 g/mol. The third kappa shape index (κ3) is 2.50. The number of anilines is 1. The smallest absolute Gasteiger partial charge is 0.154 e. The van der Waals surface area contributed by atoms with Crippen LogP contribution in [0.1, 0.15) is 39.0 Å². The zero-order valence-electron chi connectivity index (χ0n) is 12.1. The van der Waals surface area contributed by atoms with Crippen LogP contribution < -0.4 is 10.6 Å². The average Bonchev–Trinajstić information content (AvgIpc) is 2.94. The van der Waals surface area contributed by atoms with Gasteiger partial charge in [0.05, 0.1) is 6.20 Å². The second-order valence-electron chi connectivity index (χ2n) is 5.67. The fourth-order valence-corrected chi connectivity index (χ4v) is 3.18. The van der Waals surface area contributed by atoms with Gasteiger partial charge in [-0.3, -0.25) is 0 Å². The molecule has 3 rings (SSSR count). The van der Waals surface area contributed by atoms with Gasteiger partial charge in [-0.05, 0) is 38.2 Å². The van der Waals surface area contributed by atoms with Crippen LogP contribution in [0, 0.1) is 0 Å². The third-order valence-electron chi connectivity index (χ3n) is 4.22. The quantitative estimate of drug-likeness (QED) is 0.928. The molecule has 108 valence electrons. The minimum absolute atomic E-state index is 0.383. The second kappa shape index (κ2) is 5.79. The number of nitrogens with two attached hydrogens (primary N) is 1. The van der Waals surface area contributed by atoms with Crippen LogP contribution in [0.4, 0.5) is 5.82 Å². The first-order valence-electron chi connectivity index (χ1n) is 7.60. The highest BCUT2D eigenvalue weighted by Gasteiger charge is 2.26. The molecule has 0 spiro atoms. The maximum Gasteiger partial charge on any atom is 0.154 e. The van der Waals surface area contributed by atoms with E-state index in [1.165, 1.54) is 0 Å². The molecule has 0 aromatic carbocycles. The van der Waals surface area contributed by atoms with E-state index in [0.29, 0.717) is 12.1 Å². The third-order valence-corrected chi connectivity index (χ3v) is 4.22. The van der Waals surface area contributed by atoms with E-state index in [2.05, 4.69) is 21.9 Å². The molecule has 20 heavy (non-hydrogen) atoms. The Balaban J connectivity index is 1.91. The van der Waals surface area contributed by atoms with Crippen molar-refractivity contribution in [1.82, 2.24) is 14.6 Å². The van der Waals surface area contributed by atoms with Gasteiger partial charge in [-0.2, -0.15) is 5.10 Å². The maximum atomic E-state index is 6.04. The summed E-state index contributed by atoms with van der Waals surface area (Å²) in [6.07, 6.45) is 11.3. The number of fused-ring (bicyclic) bond motifs is 1. The van der Waals surface area contributed by atoms with Crippen molar-refractivity contribution in [3.8, 4) is 0 Å². The van der Waals surface area contributed by atoms with Gasteiger partial charge in [0, 0.05) is 31.0 Å². The first-order valence-corrected chi connectivity index (χ1v) is 7.60. The lowest BCUT2D eigenvalue weighted by atomic mass is 9.90. The Morgan fingerprint density at radius 3 is 2.85 bits per heavy atom. The summed E-state index contributed by atoms with van der Waals surface area (Å²) in [5, 5.41) is 4.31. The Bertz CT molecular complexity index is 556. The number of hydrogen-bond acceptors (Lipinski definition) is 4. The maximum absolute atomic E-state index is 6.04. The normalized spacial score (nSPS) is 23.1. The Kier molecular flexibility index (Phi) is 3.87. The predicted octanol–water partition coefficient (Wildman–Crippen LogP) is 2.22. The van der Waals surface area contributed by atoms with E-state index >= 15 is 0 Å². The van der Waals surface area contributed by atoms with Crippen LogP contribution in [-0.2, 0) is 0 Å². The summed E-state index contributed by atoms with van der Waals surface area (Å²) in [5.74, 6) is 1.06. The largest absolute Gasteiger partial charge is 0.352 e. The summed E-state index contributed by atoms with van der Waals surface area (Å²) in [4.78, 5) is 7.09. The monoisotopic (exact) mass is 273 g/mol. The molecule has 0 aliphatic heterocycles. The topological polar surface area (TPSA) is 59.5 Å². The van der Waals surface area contributed by atoms with Crippen LogP contribution in [0.2, 0.25) is 0 Å². The molecule has 2 aromatic rings. The van der Waals surface area contributed by atoms with Gasteiger partial charge >= 0.3 is 0 Å². The molecule has 5 nitrogen and oxygen atoms in total. The summed E-state index contributed by atoms with van der Waals surface area (Å²) < 4.78 is 1.90. The zero-order valence-corrected chi connectivity index (χ0v) is 12.1. The molecule has 0 amide bonds. The Labute approximate surface area is 119 Å². The Morgan fingerprint density at radius 2 is 2.10 bits per heavy atom. The highest BCUT2D eigenvalue weighted by Crippen LogP contribution is 2.28. The number of rotatable bonds is 4. The Hall–Kier alpha value is -1.62. The molecule has 0 radical (unpaired) electrons. The second-order valence-corrected chi connectivity index (χ2v) is 5.67. The molecule has 1 fully saturated rings. The van der Waals surface area contributed by atoms with Gasteiger partial charge in [-0.15, -0.1) is 0 Å². The van der Waals surface area contributed by atoms with E-state index in [1.807, 2.05) is 29.2 Å². The van der Waals surface area contributed by atoms with Crippen LogP contribution in [0.3, 0.4) is 0 Å². The molecule has 1 aliphatic carbocycles. The van der Waals surface area contributed by atoms with Crippen molar-refractivity contribution in [2.45, 2.75) is 51.1 Å². The van der Waals surface area contributed by atoms with Gasteiger partial charge < -0.3 is 10.6 Å². The van der Waals surface area contributed by atoms with Gasteiger partial charge in [0.15, 0.2) is 5.82 Å². The van der Waals surface area contributed by atoms with Crippen molar-refractivity contribution in [1.29, 1.82) is 0 Å². The van der Waals surface area contributed by atoms with Gasteiger partial charge in [0.2, 0.25) is 0 Å². The summed E-state index contributed by atoms with van der Waals surface area (Å²) in [6, 6.07) is 2.98. The van der Waals surface area contributed by atoms with Gasteiger partial charge in [0.25, 0.3) is 0 Å². The van der Waals surface area contributed by atoms with Crippen molar-refractivity contribution in [2.24, 2.45) is 5.73 Å². The van der Waals surface area contributed by atoms with Crippen LogP contribution in [0.25, 0.3) is 5.52 Å². The first kappa shape index (κ1) is 13.4. The van der Waals surface area contributed by atoms with Crippen molar-refractivity contribution >= 4 is 11.3 Å². The Morgan fingerprint density at radius 1 is 1.30 bits per heavy atom. The van der Waals surface area contributed by atoms with Gasteiger partial charge in [0.1, 0.15) is 5.52 Å². The molecular formula is C15H23N5. The van der Waals surface area contributed by atoms with Crippen LogP contribution in [0.5, 0.6) is 0 Å². The minimum Gasteiger partial charge on any atom is -0.352 e. The van der Waals surface area contributed by atoms with E-state index in [9.17, 15) is 0 Å². The fourth-order valence-electron chi connectivity index (χ4n) is 3.18. The standard InChI is InChI=1S/C15H23N5/c1-2-10-19(13-5-3-12(16)4-6-13)15-14-7-8-18-20(14)11-9-17-15/h7-9,11-13H,2-6,10,16H2,1H3. The highest BCUT2D eigenvalue weighted by atomic mass is 15.3. The minimum atomic E-state index is 0.383. The molecule has 1 saturated carbocycles. The molecule has 1 aliphatic rings. The van der Waals surface area contributed by atoms with Gasteiger partial charge in [-0.1, -0.05) is 6.92 Å². The lowest BCUT2D eigenvalue weighted by Gasteiger charge is -2.37. The van der Waals surface area contributed by atoms with E-state index in [1.54, 1.807) is 0 Å². The molecule has 0 bridgehead atoms. The molecule has 5 heteroatoms. The lowest BCUT2D eigenvalue weighted by Crippen LogP contribution is -2.42. The van der Waals surface area contributed by atoms with Crippen molar-refractivity contribution in [3.05, 3.63) is 24.7 Å². The van der Waals surface area contributed by atoms with E-state index in [0.717, 1.165) is 50.0 Å². The predicted molar refractivity (Wildman–Crippen MR) is 80.9 cm³/mol. The number of aromatic nitrogens is 3. The van der Waals surface area contributed by atoms with Crippen LogP contribution >= 0.6 is 0 Å². The zero-order chi connectivity index (χ0) is 13.9. The van der Waals surface area contributed by atoms with Gasteiger partial charge in [-0.25, -0.2) is 9.50 Å². The number of hydrogen-bond donors (Lipinski definition) is 1. The van der Waals surface area contributed by atoms with Crippen LogP contribution in [0.15, 0.2) is 24.7 Å². The summed E-state index contributed by atoms with van der Waals surface area (Å²) in [6.45, 7) is 3.26. The van der Waals surface area contributed by atoms with E-state index in [-0.39, 0.29) is 0 Å². The lowest BCUT2D eigenvalue weighted by molar-refractivity contribution is 0.374. The molecular weight excluding hydrogens is 250 g/mol. The summed E-state index contributed by atoms with van der Waals surface area (Å²) in [7, 11) is 0. The molecule has 2 aromatic heterocycles. The summed E-state index contributed by atoms with van der Waals surface area (Å²) in [5.41, 5.74) is 7.13. The molecule has 0 atom stereocenters. The highest BCUT2D eigenvalue weighted by molar-refractivity contribution is 5.68. The van der Waals surface area contributed by atoms with Crippen molar-refractivity contribution < 1.29 is 0 Å². The van der Waals surface area contributed by atoms with E-state index < -0.39 is 0 Å². The molecule has 0 saturated heterocycles.